The van der Waals surface area contributed by atoms with Crippen molar-refractivity contribution in [2.45, 2.75) is 17.2 Å². The van der Waals surface area contributed by atoms with Gasteiger partial charge in [-0.05, 0) is 42.3 Å². The number of benzene rings is 2. The molecular weight excluding hydrogens is 423 g/mol. The summed E-state index contributed by atoms with van der Waals surface area (Å²) in [6, 6.07) is 11.6. The van der Waals surface area contributed by atoms with E-state index in [9.17, 15) is 22.4 Å². The molecule has 2 aromatic carbocycles. The average molecular weight is 442 g/mol. The van der Waals surface area contributed by atoms with Crippen molar-refractivity contribution in [2.24, 2.45) is 0 Å². The van der Waals surface area contributed by atoms with Gasteiger partial charge in [0.25, 0.3) is 10.0 Å². The minimum Gasteiger partial charge on any atom is -0.451 e. The largest absolute Gasteiger partial charge is 0.451 e. The third-order valence-electron chi connectivity index (χ3n) is 5.27. The summed E-state index contributed by atoms with van der Waals surface area (Å²) in [5.74, 6) is -2.15. The summed E-state index contributed by atoms with van der Waals surface area (Å²) < 4.78 is 45.9. The number of halogens is 1. The predicted molar refractivity (Wildman–Crippen MR) is 111 cm³/mol. The van der Waals surface area contributed by atoms with Gasteiger partial charge in [0.1, 0.15) is 16.3 Å². The number of fused-ring (bicyclic) bond motifs is 1. The number of nitrogens with one attached hydrogen (secondary N) is 1. The Labute approximate surface area is 178 Å². The molecule has 1 saturated heterocycles. The highest BCUT2D eigenvalue weighted by molar-refractivity contribution is 7.90. The number of likely N-dealkylation sites (tertiary alicyclic amines) is 1. The highest BCUT2D eigenvalue weighted by Gasteiger charge is 2.27. The monoisotopic (exact) mass is 442 g/mol. The summed E-state index contributed by atoms with van der Waals surface area (Å²) in [4.78, 5) is 25.3. The average Bonchev–Trinajstić information content (AvgIpc) is 3.40. The molecule has 7 nitrogen and oxygen atoms in total. The molecule has 0 bridgehead atoms. The van der Waals surface area contributed by atoms with Crippen LogP contribution < -0.4 is 4.72 Å². The zero-order valence-corrected chi connectivity index (χ0v) is 17.2. The van der Waals surface area contributed by atoms with Gasteiger partial charge < -0.3 is 9.32 Å². The first-order chi connectivity index (χ1) is 14.8. The van der Waals surface area contributed by atoms with Crippen LogP contribution in [0.4, 0.5) is 4.39 Å². The van der Waals surface area contributed by atoms with E-state index in [1.54, 1.807) is 17.0 Å². The van der Waals surface area contributed by atoms with E-state index in [0.29, 0.717) is 24.1 Å². The van der Waals surface area contributed by atoms with Crippen LogP contribution in [0.1, 0.15) is 28.5 Å². The van der Waals surface area contributed by atoms with Crippen LogP contribution in [0.3, 0.4) is 0 Å². The standard InChI is InChI=1S/C22H19FN2O5S/c1-2-21(26)25-10-9-16(13-25)14-7-8-15-12-19(30-18(15)11-14)22(27)24-31(28,29)20-6-4-3-5-17(20)23/h2-8,11-12,16H,1,9-10,13H2,(H,24,27). The molecule has 2 heterocycles. The molecule has 0 aliphatic carbocycles. The second-order valence-electron chi connectivity index (χ2n) is 7.25. The first-order valence-corrected chi connectivity index (χ1v) is 11.0. The SMILES string of the molecule is C=CC(=O)N1CCC(c2ccc3cc(C(=O)NS(=O)(=O)c4ccccc4F)oc3c2)C1. The minimum atomic E-state index is -4.39. The van der Waals surface area contributed by atoms with E-state index in [1.807, 2.05) is 10.8 Å². The van der Waals surface area contributed by atoms with E-state index in [0.717, 1.165) is 24.1 Å². The van der Waals surface area contributed by atoms with Gasteiger partial charge in [-0.15, -0.1) is 0 Å². The molecule has 3 aromatic rings. The second kappa shape index (κ2) is 7.99. The second-order valence-corrected chi connectivity index (χ2v) is 8.90. The Morgan fingerprint density at radius 3 is 2.71 bits per heavy atom. The fourth-order valence-corrected chi connectivity index (χ4v) is 4.70. The number of carbonyl (C=O) groups excluding carboxylic acids is 2. The molecule has 31 heavy (non-hydrogen) atoms. The van der Waals surface area contributed by atoms with Gasteiger partial charge in [-0.25, -0.2) is 17.5 Å². The number of sulfonamides is 1. The smallest absolute Gasteiger partial charge is 0.300 e. The lowest BCUT2D eigenvalue weighted by molar-refractivity contribution is -0.125. The van der Waals surface area contributed by atoms with Crippen molar-refractivity contribution in [2.75, 3.05) is 13.1 Å². The molecule has 1 N–H and O–H groups in total. The maximum Gasteiger partial charge on any atom is 0.300 e. The van der Waals surface area contributed by atoms with Gasteiger partial charge in [0, 0.05) is 24.4 Å². The molecule has 1 fully saturated rings. The van der Waals surface area contributed by atoms with Crippen molar-refractivity contribution < 1.29 is 26.8 Å². The Hall–Kier alpha value is -3.46. The Balaban J connectivity index is 1.54. The minimum absolute atomic E-state index is 0.114. The molecule has 1 aliphatic rings. The molecule has 160 valence electrons. The normalized spacial score (nSPS) is 16.4. The lowest BCUT2D eigenvalue weighted by atomic mass is 9.98. The molecule has 0 spiro atoms. The summed E-state index contributed by atoms with van der Waals surface area (Å²) in [6.45, 7) is 4.70. The Kier molecular flexibility index (Phi) is 5.36. The summed E-state index contributed by atoms with van der Waals surface area (Å²) >= 11 is 0. The van der Waals surface area contributed by atoms with Gasteiger partial charge in [-0.3, -0.25) is 9.59 Å². The van der Waals surface area contributed by atoms with Crippen molar-refractivity contribution in [3.8, 4) is 0 Å². The Bertz CT molecular complexity index is 1300. The van der Waals surface area contributed by atoms with Crippen molar-refractivity contribution >= 4 is 32.8 Å². The number of hydrogen-bond donors (Lipinski definition) is 1. The fourth-order valence-electron chi connectivity index (χ4n) is 3.67. The van der Waals surface area contributed by atoms with Gasteiger partial charge in [0.05, 0.1) is 0 Å². The van der Waals surface area contributed by atoms with Gasteiger partial charge in [0.15, 0.2) is 5.76 Å². The first-order valence-electron chi connectivity index (χ1n) is 9.55. The van der Waals surface area contributed by atoms with Crippen LogP contribution in [0.15, 0.2) is 70.5 Å². The molecular formula is C22H19FN2O5S. The van der Waals surface area contributed by atoms with Crippen LogP contribution in [-0.4, -0.2) is 38.2 Å². The predicted octanol–water partition coefficient (Wildman–Crippen LogP) is 3.19. The summed E-state index contributed by atoms with van der Waals surface area (Å²) in [6.07, 6.45) is 2.08. The van der Waals surface area contributed by atoms with Gasteiger partial charge >= 0.3 is 5.91 Å². The molecule has 1 unspecified atom stereocenters. The third-order valence-corrected chi connectivity index (χ3v) is 6.63. The third kappa shape index (κ3) is 4.09. The van der Waals surface area contributed by atoms with Crippen LogP contribution in [-0.2, 0) is 14.8 Å². The molecule has 2 amide bonds. The van der Waals surface area contributed by atoms with Crippen LogP contribution in [0, 0.1) is 5.82 Å². The van der Waals surface area contributed by atoms with Gasteiger partial charge in [0.2, 0.25) is 5.91 Å². The van der Waals surface area contributed by atoms with Crippen molar-refractivity contribution in [3.05, 3.63) is 78.3 Å². The van der Waals surface area contributed by atoms with E-state index in [2.05, 4.69) is 6.58 Å². The van der Waals surface area contributed by atoms with E-state index in [-0.39, 0.29) is 17.6 Å². The molecule has 0 radical (unpaired) electrons. The van der Waals surface area contributed by atoms with Crippen molar-refractivity contribution in [1.29, 1.82) is 0 Å². The number of hydrogen-bond acceptors (Lipinski definition) is 5. The van der Waals surface area contributed by atoms with E-state index in [4.69, 9.17) is 4.42 Å². The van der Waals surface area contributed by atoms with Crippen LogP contribution in [0.2, 0.25) is 0 Å². The molecule has 1 atom stereocenters. The summed E-state index contributed by atoms with van der Waals surface area (Å²) in [7, 11) is -4.39. The zero-order chi connectivity index (χ0) is 22.2. The number of amides is 2. The van der Waals surface area contributed by atoms with Crippen molar-refractivity contribution in [3.63, 3.8) is 0 Å². The highest BCUT2D eigenvalue weighted by atomic mass is 32.2. The Morgan fingerprint density at radius 1 is 1.19 bits per heavy atom. The zero-order valence-electron chi connectivity index (χ0n) is 16.4. The number of carbonyl (C=O) groups is 2. The van der Waals surface area contributed by atoms with Crippen LogP contribution in [0.25, 0.3) is 11.0 Å². The quantitative estimate of drug-likeness (QED) is 0.612. The topological polar surface area (TPSA) is 96.7 Å². The fraction of sp³-hybridized carbons (Fsp3) is 0.182. The lowest BCUT2D eigenvalue weighted by Gasteiger charge is -2.14. The Morgan fingerprint density at radius 2 is 1.97 bits per heavy atom. The highest BCUT2D eigenvalue weighted by Crippen LogP contribution is 2.31. The lowest BCUT2D eigenvalue weighted by Crippen LogP contribution is -2.30. The van der Waals surface area contributed by atoms with E-state index < -0.39 is 26.6 Å². The van der Waals surface area contributed by atoms with Gasteiger partial charge in [-0.2, -0.15) is 0 Å². The van der Waals surface area contributed by atoms with Gasteiger partial charge in [-0.1, -0.05) is 30.8 Å². The number of furan rings is 1. The molecule has 1 aliphatic heterocycles. The molecule has 1 aromatic heterocycles. The van der Waals surface area contributed by atoms with Crippen LogP contribution in [0.5, 0.6) is 0 Å². The van der Waals surface area contributed by atoms with E-state index in [1.165, 1.54) is 24.3 Å². The first kappa shape index (κ1) is 20.8. The molecule has 0 saturated carbocycles. The van der Waals surface area contributed by atoms with Crippen LogP contribution >= 0.6 is 0 Å². The maximum atomic E-state index is 13.8. The number of rotatable bonds is 5. The molecule has 4 rings (SSSR count). The summed E-state index contributed by atoms with van der Waals surface area (Å²) in [5, 5.41) is 0.620. The summed E-state index contributed by atoms with van der Waals surface area (Å²) in [5.41, 5.74) is 1.37. The number of nitrogens with zero attached hydrogens (tertiary/aromatic N) is 1. The van der Waals surface area contributed by atoms with E-state index >= 15 is 0 Å². The van der Waals surface area contributed by atoms with Crippen molar-refractivity contribution in [1.82, 2.24) is 9.62 Å². The maximum absolute atomic E-state index is 13.8. The molecule has 9 heteroatoms.